The maximum absolute atomic E-state index is 12.5. The molecule has 3 rings (SSSR count). The fraction of sp³-hybridized carbons (Fsp3) is 0.278. The van der Waals surface area contributed by atoms with Crippen LogP contribution >= 0.6 is 0 Å². The highest BCUT2D eigenvalue weighted by Crippen LogP contribution is 2.30. The number of ether oxygens (including phenoxy) is 2. The number of carbonyl (C=O) groups is 1. The van der Waals surface area contributed by atoms with Crippen molar-refractivity contribution in [2.24, 2.45) is 0 Å². The average molecular weight is 421 g/mol. The molecule has 0 saturated carbocycles. The van der Waals surface area contributed by atoms with E-state index in [4.69, 9.17) is 9.47 Å². The minimum Gasteiger partial charge on any atom is -0.484 e. The van der Waals surface area contributed by atoms with Crippen molar-refractivity contribution < 1.29 is 27.6 Å². The molecule has 0 spiro atoms. The molecule has 29 heavy (non-hydrogen) atoms. The first-order valence-electron chi connectivity index (χ1n) is 8.72. The third kappa shape index (κ3) is 5.28. The van der Waals surface area contributed by atoms with Gasteiger partial charge < -0.3 is 14.8 Å². The lowest BCUT2D eigenvalue weighted by Crippen LogP contribution is -2.41. The van der Waals surface area contributed by atoms with Crippen molar-refractivity contribution in [1.82, 2.24) is 10.0 Å². The summed E-state index contributed by atoms with van der Waals surface area (Å²) in [7, 11) is -4.31. The molecule has 1 fully saturated rings. The van der Waals surface area contributed by atoms with Crippen LogP contribution in [0.3, 0.4) is 0 Å². The van der Waals surface area contributed by atoms with E-state index in [-0.39, 0.29) is 24.0 Å². The number of sulfonamides is 1. The largest absolute Gasteiger partial charge is 0.484 e. The minimum absolute atomic E-state index is 0.0741. The molecule has 1 aliphatic rings. The first-order chi connectivity index (χ1) is 13.9. The molecule has 0 aliphatic carbocycles. The van der Waals surface area contributed by atoms with E-state index in [0.29, 0.717) is 13.2 Å². The van der Waals surface area contributed by atoms with Gasteiger partial charge in [-0.15, -0.1) is 0 Å². The van der Waals surface area contributed by atoms with Crippen molar-refractivity contribution in [3.05, 3.63) is 64.2 Å². The number of amides is 1. The molecule has 2 aromatic rings. The Kier molecular flexibility index (Phi) is 6.42. The molecule has 1 heterocycles. The Bertz CT molecular complexity index is 990. The van der Waals surface area contributed by atoms with Gasteiger partial charge in [0.05, 0.1) is 16.4 Å². The molecule has 154 valence electrons. The number of morpholine rings is 1. The van der Waals surface area contributed by atoms with Crippen LogP contribution in [0.1, 0.15) is 10.4 Å². The van der Waals surface area contributed by atoms with E-state index in [1.54, 1.807) is 18.2 Å². The monoisotopic (exact) mass is 421 g/mol. The molecular formula is C18H19N3O7S. The highest BCUT2D eigenvalue weighted by Gasteiger charge is 2.25. The van der Waals surface area contributed by atoms with Gasteiger partial charge in [-0.3, -0.25) is 14.9 Å². The highest BCUT2D eigenvalue weighted by molar-refractivity contribution is 7.90. The molecule has 0 radical (unpaired) electrons. The van der Waals surface area contributed by atoms with Crippen LogP contribution in [0.15, 0.2) is 53.4 Å². The molecule has 1 atom stereocenters. The molecule has 10 nitrogen and oxygen atoms in total. The van der Waals surface area contributed by atoms with Crippen LogP contribution in [-0.2, 0) is 14.8 Å². The molecule has 0 aromatic heterocycles. The van der Waals surface area contributed by atoms with Crippen molar-refractivity contribution in [2.75, 3.05) is 26.3 Å². The van der Waals surface area contributed by atoms with Crippen molar-refractivity contribution in [1.29, 1.82) is 0 Å². The van der Waals surface area contributed by atoms with Gasteiger partial charge in [-0.1, -0.05) is 18.2 Å². The number of nitro groups is 1. The van der Waals surface area contributed by atoms with Gasteiger partial charge in [-0.05, 0) is 24.3 Å². The summed E-state index contributed by atoms with van der Waals surface area (Å²) in [6, 6.07) is 10.9. The van der Waals surface area contributed by atoms with Crippen molar-refractivity contribution >= 4 is 21.6 Å². The van der Waals surface area contributed by atoms with E-state index in [0.717, 1.165) is 18.7 Å². The quantitative estimate of drug-likeness (QED) is 0.501. The summed E-state index contributed by atoms with van der Waals surface area (Å²) < 4.78 is 37.8. The molecule has 11 heteroatoms. The van der Waals surface area contributed by atoms with Crippen LogP contribution in [0.4, 0.5) is 5.69 Å². The average Bonchev–Trinajstić information content (AvgIpc) is 2.73. The maximum Gasteiger partial charge on any atom is 0.312 e. The van der Waals surface area contributed by atoms with Crippen molar-refractivity contribution in [3.63, 3.8) is 0 Å². The number of hydrogen-bond acceptors (Lipinski definition) is 8. The van der Waals surface area contributed by atoms with Gasteiger partial charge in [0.25, 0.3) is 15.9 Å². The van der Waals surface area contributed by atoms with Crippen LogP contribution in [0, 0.1) is 10.1 Å². The van der Waals surface area contributed by atoms with Gasteiger partial charge in [0.2, 0.25) is 0 Å². The Morgan fingerprint density at radius 3 is 2.69 bits per heavy atom. The van der Waals surface area contributed by atoms with Crippen LogP contribution in [0.5, 0.6) is 5.75 Å². The third-order valence-electron chi connectivity index (χ3n) is 4.13. The normalized spacial score (nSPS) is 16.8. The predicted molar refractivity (Wildman–Crippen MR) is 102 cm³/mol. The number of carbonyl (C=O) groups excluding carboxylic acids is 1. The Morgan fingerprint density at radius 1 is 1.28 bits per heavy atom. The Morgan fingerprint density at radius 2 is 2.03 bits per heavy atom. The van der Waals surface area contributed by atoms with Crippen LogP contribution < -0.4 is 14.8 Å². The fourth-order valence-corrected chi connectivity index (χ4v) is 3.66. The van der Waals surface area contributed by atoms with Gasteiger partial charge in [-0.2, -0.15) is 0 Å². The molecule has 1 amide bonds. The standard InChI is InChI=1S/C18H19N3O7S/c22-18(13-4-2-1-3-5-13)20-29(25,26)15-6-7-17(16(10-15)21(23)24)28-12-14-11-19-8-9-27-14/h1-7,10,14,19H,8-9,11-12H2,(H,20,22). The summed E-state index contributed by atoms with van der Waals surface area (Å²) >= 11 is 0. The lowest BCUT2D eigenvalue weighted by molar-refractivity contribution is -0.386. The lowest BCUT2D eigenvalue weighted by atomic mass is 10.2. The highest BCUT2D eigenvalue weighted by atomic mass is 32.2. The topological polar surface area (TPSA) is 137 Å². The Labute approximate surface area is 167 Å². The summed E-state index contributed by atoms with van der Waals surface area (Å²) in [5.41, 5.74) is -0.379. The zero-order chi connectivity index (χ0) is 20.9. The van der Waals surface area contributed by atoms with E-state index < -0.39 is 31.4 Å². The van der Waals surface area contributed by atoms with Gasteiger partial charge in [0.15, 0.2) is 5.75 Å². The summed E-state index contributed by atoms with van der Waals surface area (Å²) in [5.74, 6) is -0.923. The molecule has 1 saturated heterocycles. The van der Waals surface area contributed by atoms with E-state index in [2.05, 4.69) is 5.32 Å². The number of benzene rings is 2. The summed E-state index contributed by atoms with van der Waals surface area (Å²) in [6.07, 6.45) is -0.267. The maximum atomic E-state index is 12.5. The summed E-state index contributed by atoms with van der Waals surface area (Å²) in [5, 5.41) is 14.5. The zero-order valence-corrected chi connectivity index (χ0v) is 16.1. The van der Waals surface area contributed by atoms with Gasteiger partial charge in [0.1, 0.15) is 12.7 Å². The first kappa shape index (κ1) is 20.7. The fourth-order valence-electron chi connectivity index (χ4n) is 2.67. The smallest absolute Gasteiger partial charge is 0.312 e. The number of nitrogens with zero attached hydrogens (tertiary/aromatic N) is 1. The molecule has 0 bridgehead atoms. The third-order valence-corrected chi connectivity index (χ3v) is 5.46. The van der Waals surface area contributed by atoms with Crippen molar-refractivity contribution in [3.8, 4) is 5.75 Å². The van der Waals surface area contributed by atoms with E-state index in [1.807, 2.05) is 4.72 Å². The molecule has 2 aromatic carbocycles. The number of nitro benzene ring substituents is 1. The second kappa shape index (κ2) is 8.99. The summed E-state index contributed by atoms with van der Waals surface area (Å²) in [4.78, 5) is 22.4. The van der Waals surface area contributed by atoms with E-state index in [1.165, 1.54) is 18.2 Å². The van der Waals surface area contributed by atoms with Crippen molar-refractivity contribution in [2.45, 2.75) is 11.0 Å². The minimum atomic E-state index is -4.31. The predicted octanol–water partition coefficient (Wildman–Crippen LogP) is 1.08. The van der Waals surface area contributed by atoms with Crippen LogP contribution in [-0.4, -0.2) is 51.7 Å². The molecule has 2 N–H and O–H groups in total. The summed E-state index contributed by atoms with van der Waals surface area (Å²) in [6.45, 7) is 1.85. The zero-order valence-electron chi connectivity index (χ0n) is 15.2. The van der Waals surface area contributed by atoms with Crippen LogP contribution in [0.25, 0.3) is 0 Å². The Hall–Kier alpha value is -3.02. The first-order valence-corrected chi connectivity index (χ1v) is 10.2. The number of rotatable bonds is 7. The molecular weight excluding hydrogens is 402 g/mol. The van der Waals surface area contributed by atoms with Gasteiger partial charge in [0, 0.05) is 24.7 Å². The van der Waals surface area contributed by atoms with E-state index in [9.17, 15) is 23.3 Å². The lowest BCUT2D eigenvalue weighted by Gasteiger charge is -2.23. The second-order valence-electron chi connectivity index (χ2n) is 6.20. The number of hydrogen-bond donors (Lipinski definition) is 2. The van der Waals surface area contributed by atoms with Gasteiger partial charge >= 0.3 is 5.69 Å². The number of nitrogens with one attached hydrogen (secondary N) is 2. The SMILES string of the molecule is O=C(NS(=O)(=O)c1ccc(OCC2CNCCO2)c([N+](=O)[O-])c1)c1ccccc1. The Balaban J connectivity index is 1.77. The molecule has 1 unspecified atom stereocenters. The second-order valence-corrected chi connectivity index (χ2v) is 7.88. The van der Waals surface area contributed by atoms with Gasteiger partial charge in [-0.25, -0.2) is 13.1 Å². The van der Waals surface area contributed by atoms with E-state index >= 15 is 0 Å². The molecule has 1 aliphatic heterocycles. The van der Waals surface area contributed by atoms with Crippen LogP contribution in [0.2, 0.25) is 0 Å².